The average Bonchev–Trinajstić information content (AvgIpc) is 3.15. The Kier molecular flexibility index (Phi) is 3.80. The lowest BCUT2D eigenvalue weighted by Gasteiger charge is -2.03. The van der Waals surface area contributed by atoms with E-state index in [-0.39, 0.29) is 0 Å². The third-order valence-electron chi connectivity index (χ3n) is 3.13. The Balaban J connectivity index is 1.50. The van der Waals surface area contributed by atoms with Gasteiger partial charge in [0, 0.05) is 23.7 Å². The Labute approximate surface area is 117 Å². The quantitative estimate of drug-likeness (QED) is 0.877. The van der Waals surface area contributed by atoms with E-state index in [9.17, 15) is 0 Å². The predicted octanol–water partition coefficient (Wildman–Crippen LogP) is 3.28. The number of nitrogens with zero attached hydrogens (tertiary/aromatic N) is 1. The van der Waals surface area contributed by atoms with Crippen LogP contribution in [0.5, 0.6) is 5.75 Å². The fraction of sp³-hybridized carbons (Fsp3) is 0.400. The number of ether oxygens (including phenoxy) is 1. The molecule has 0 unspecified atom stereocenters. The lowest BCUT2D eigenvalue weighted by atomic mass is 10.2. The van der Waals surface area contributed by atoms with Crippen molar-refractivity contribution in [1.82, 2.24) is 10.3 Å². The highest BCUT2D eigenvalue weighted by Gasteiger charge is 2.20. The number of hydrogen-bond donors (Lipinski definition) is 1. The molecule has 100 valence electrons. The van der Waals surface area contributed by atoms with E-state index >= 15 is 0 Å². The predicted molar refractivity (Wildman–Crippen MR) is 77.5 cm³/mol. The number of benzene rings is 1. The molecule has 3 rings (SSSR count). The van der Waals surface area contributed by atoms with Crippen molar-refractivity contribution in [3.8, 4) is 5.75 Å². The van der Waals surface area contributed by atoms with Crippen molar-refractivity contribution in [2.24, 2.45) is 0 Å². The molecule has 1 saturated carbocycles. The Morgan fingerprint density at radius 3 is 2.84 bits per heavy atom. The molecule has 0 radical (unpaired) electrons. The highest BCUT2D eigenvalue weighted by Crippen LogP contribution is 2.21. The van der Waals surface area contributed by atoms with E-state index in [0.717, 1.165) is 23.3 Å². The summed E-state index contributed by atoms with van der Waals surface area (Å²) in [5.74, 6) is 0.901. The number of aryl methyl sites for hydroxylation is 1. The van der Waals surface area contributed by atoms with Crippen molar-refractivity contribution < 1.29 is 4.74 Å². The molecule has 0 spiro atoms. The van der Waals surface area contributed by atoms with Crippen LogP contribution < -0.4 is 10.1 Å². The van der Waals surface area contributed by atoms with Crippen LogP contribution in [0, 0.1) is 6.92 Å². The number of hydrogen-bond acceptors (Lipinski definition) is 4. The molecule has 0 bridgehead atoms. The molecule has 0 aliphatic heterocycles. The van der Waals surface area contributed by atoms with Gasteiger partial charge in [0.15, 0.2) is 0 Å². The largest absolute Gasteiger partial charge is 0.486 e. The summed E-state index contributed by atoms with van der Waals surface area (Å²) < 4.78 is 5.73. The minimum atomic E-state index is 0.553. The van der Waals surface area contributed by atoms with Crippen LogP contribution in [-0.2, 0) is 13.2 Å². The molecule has 1 fully saturated rings. The van der Waals surface area contributed by atoms with Gasteiger partial charge in [-0.25, -0.2) is 4.98 Å². The molecule has 19 heavy (non-hydrogen) atoms. The van der Waals surface area contributed by atoms with Crippen LogP contribution in [-0.4, -0.2) is 11.0 Å². The Morgan fingerprint density at radius 1 is 1.32 bits per heavy atom. The second-order valence-electron chi connectivity index (χ2n) is 4.98. The van der Waals surface area contributed by atoms with Gasteiger partial charge in [0.2, 0.25) is 0 Å². The van der Waals surface area contributed by atoms with Gasteiger partial charge in [-0.1, -0.05) is 17.7 Å². The Morgan fingerprint density at radius 2 is 2.11 bits per heavy atom. The second-order valence-corrected chi connectivity index (χ2v) is 6.18. The van der Waals surface area contributed by atoms with Crippen LogP contribution in [0.3, 0.4) is 0 Å². The first-order valence-electron chi connectivity index (χ1n) is 6.66. The van der Waals surface area contributed by atoms with Crippen molar-refractivity contribution in [2.75, 3.05) is 0 Å². The average molecular weight is 274 g/mol. The summed E-state index contributed by atoms with van der Waals surface area (Å²) in [5.41, 5.74) is 1.25. The first kappa shape index (κ1) is 12.6. The SMILES string of the molecule is Cc1ccc(OCc2ncc(CNC3CC3)s2)cc1. The van der Waals surface area contributed by atoms with Gasteiger partial charge in [-0.05, 0) is 31.9 Å². The van der Waals surface area contributed by atoms with Gasteiger partial charge in [0.05, 0.1) is 0 Å². The summed E-state index contributed by atoms with van der Waals surface area (Å²) in [6.45, 7) is 3.56. The minimum Gasteiger partial charge on any atom is -0.486 e. The van der Waals surface area contributed by atoms with Crippen LogP contribution in [0.1, 0.15) is 28.3 Å². The van der Waals surface area contributed by atoms with E-state index < -0.39 is 0 Å². The molecular formula is C15H18N2OS. The molecule has 1 aromatic heterocycles. The summed E-state index contributed by atoms with van der Waals surface area (Å²) in [6, 6.07) is 8.86. The topological polar surface area (TPSA) is 34.1 Å². The van der Waals surface area contributed by atoms with Gasteiger partial charge in [-0.2, -0.15) is 0 Å². The molecule has 1 N–H and O–H groups in total. The number of nitrogens with one attached hydrogen (secondary N) is 1. The summed E-state index contributed by atoms with van der Waals surface area (Å²) >= 11 is 1.73. The normalized spacial score (nSPS) is 14.6. The molecule has 1 aromatic carbocycles. The zero-order chi connectivity index (χ0) is 13.1. The lowest BCUT2D eigenvalue weighted by molar-refractivity contribution is 0.305. The van der Waals surface area contributed by atoms with E-state index in [0.29, 0.717) is 6.61 Å². The fourth-order valence-electron chi connectivity index (χ4n) is 1.81. The maximum absolute atomic E-state index is 5.73. The molecule has 0 atom stereocenters. The number of rotatable bonds is 6. The molecule has 3 nitrogen and oxygen atoms in total. The molecule has 1 heterocycles. The second kappa shape index (κ2) is 5.72. The Hall–Kier alpha value is -1.39. The monoisotopic (exact) mass is 274 g/mol. The summed E-state index contributed by atoms with van der Waals surface area (Å²) in [7, 11) is 0. The molecule has 4 heteroatoms. The van der Waals surface area contributed by atoms with Crippen molar-refractivity contribution in [3.05, 3.63) is 45.9 Å². The van der Waals surface area contributed by atoms with Crippen molar-refractivity contribution in [1.29, 1.82) is 0 Å². The maximum atomic E-state index is 5.73. The molecule has 2 aromatic rings. The smallest absolute Gasteiger partial charge is 0.140 e. The van der Waals surface area contributed by atoms with Crippen LogP contribution in [0.2, 0.25) is 0 Å². The van der Waals surface area contributed by atoms with Gasteiger partial charge in [-0.3, -0.25) is 0 Å². The first-order chi connectivity index (χ1) is 9.29. The van der Waals surface area contributed by atoms with Gasteiger partial charge in [0.1, 0.15) is 17.4 Å². The van der Waals surface area contributed by atoms with Gasteiger partial charge in [-0.15, -0.1) is 11.3 Å². The van der Waals surface area contributed by atoms with Crippen molar-refractivity contribution >= 4 is 11.3 Å². The van der Waals surface area contributed by atoms with E-state index in [2.05, 4.69) is 29.4 Å². The molecule has 1 aliphatic carbocycles. The van der Waals surface area contributed by atoms with Crippen LogP contribution >= 0.6 is 11.3 Å². The highest BCUT2D eigenvalue weighted by atomic mass is 32.1. The van der Waals surface area contributed by atoms with Gasteiger partial charge >= 0.3 is 0 Å². The summed E-state index contributed by atoms with van der Waals surface area (Å²) in [5, 5.41) is 4.53. The zero-order valence-corrected chi connectivity index (χ0v) is 11.9. The van der Waals surface area contributed by atoms with Gasteiger partial charge in [0.25, 0.3) is 0 Å². The Bertz CT molecular complexity index is 531. The minimum absolute atomic E-state index is 0.553. The highest BCUT2D eigenvalue weighted by molar-refractivity contribution is 7.11. The summed E-state index contributed by atoms with van der Waals surface area (Å²) in [4.78, 5) is 5.69. The van der Waals surface area contributed by atoms with E-state index in [4.69, 9.17) is 4.74 Å². The van der Waals surface area contributed by atoms with Crippen molar-refractivity contribution in [2.45, 2.75) is 39.0 Å². The lowest BCUT2D eigenvalue weighted by Crippen LogP contribution is -2.14. The zero-order valence-electron chi connectivity index (χ0n) is 11.1. The first-order valence-corrected chi connectivity index (χ1v) is 7.48. The van der Waals surface area contributed by atoms with Gasteiger partial charge < -0.3 is 10.1 Å². The third-order valence-corrected chi connectivity index (χ3v) is 4.10. The maximum Gasteiger partial charge on any atom is 0.140 e. The molecular weight excluding hydrogens is 256 g/mol. The van der Waals surface area contributed by atoms with Crippen LogP contribution in [0.15, 0.2) is 30.5 Å². The fourth-order valence-corrected chi connectivity index (χ4v) is 2.60. The number of thiazole rings is 1. The molecule has 0 amide bonds. The molecule has 0 saturated heterocycles. The van der Waals surface area contributed by atoms with E-state index in [1.165, 1.54) is 23.3 Å². The van der Waals surface area contributed by atoms with E-state index in [1.807, 2.05) is 18.3 Å². The standard InChI is InChI=1S/C15H18N2OS/c1-11-2-6-13(7-3-11)18-10-15-17-9-14(19-15)8-16-12-4-5-12/h2-3,6-7,9,12,16H,4-5,8,10H2,1H3. The third kappa shape index (κ3) is 3.78. The van der Waals surface area contributed by atoms with Crippen LogP contribution in [0.25, 0.3) is 0 Å². The van der Waals surface area contributed by atoms with E-state index in [1.54, 1.807) is 11.3 Å². The van der Waals surface area contributed by atoms with Crippen molar-refractivity contribution in [3.63, 3.8) is 0 Å². The van der Waals surface area contributed by atoms with Crippen LogP contribution in [0.4, 0.5) is 0 Å². The molecule has 1 aliphatic rings. The number of aromatic nitrogens is 1. The summed E-state index contributed by atoms with van der Waals surface area (Å²) in [6.07, 6.45) is 4.60.